The van der Waals surface area contributed by atoms with Gasteiger partial charge in [-0.2, -0.15) is 8.42 Å². The van der Waals surface area contributed by atoms with Gasteiger partial charge in [0, 0.05) is 17.6 Å². The molecule has 1 amide bonds. The number of fused-ring (bicyclic) bond motifs is 1. The molecule has 3 aromatic rings. The third kappa shape index (κ3) is 2.82. The minimum absolute atomic E-state index is 0.136. The van der Waals surface area contributed by atoms with E-state index in [2.05, 4.69) is 4.99 Å². The highest BCUT2D eigenvalue weighted by atomic mass is 35.5. The number of amides is 1. The van der Waals surface area contributed by atoms with Crippen LogP contribution < -0.4 is 0 Å². The first-order valence-electron chi connectivity index (χ1n) is 8.07. The van der Waals surface area contributed by atoms with E-state index in [9.17, 15) is 18.3 Å². The number of carbonyl (C=O) groups excluding carboxylic acids is 1. The average Bonchev–Trinajstić information content (AvgIpc) is 3.11. The maximum Gasteiger partial charge on any atom is 0.294 e. The first-order valence-corrected chi connectivity index (χ1v) is 9.89. The molecule has 4 rings (SSSR count). The van der Waals surface area contributed by atoms with Gasteiger partial charge in [0.15, 0.2) is 0 Å². The monoisotopic (exact) mass is 416 g/mol. The van der Waals surface area contributed by atoms with Crippen LogP contribution in [-0.2, 0) is 17.2 Å². The predicted molar refractivity (Wildman–Crippen MR) is 104 cm³/mol. The van der Waals surface area contributed by atoms with Crippen LogP contribution >= 0.6 is 11.6 Å². The molecule has 0 bridgehead atoms. The van der Waals surface area contributed by atoms with E-state index in [-0.39, 0.29) is 27.6 Å². The molecule has 1 aliphatic rings. The van der Waals surface area contributed by atoms with Gasteiger partial charge in [0.2, 0.25) is 5.88 Å². The van der Waals surface area contributed by atoms with E-state index in [1.807, 2.05) is 0 Å². The van der Waals surface area contributed by atoms with Crippen molar-refractivity contribution >= 4 is 33.3 Å². The molecule has 2 aromatic carbocycles. The molecule has 0 atom stereocenters. The van der Waals surface area contributed by atoms with Crippen LogP contribution in [0.2, 0.25) is 5.02 Å². The van der Waals surface area contributed by atoms with Gasteiger partial charge in [-0.3, -0.25) is 9.35 Å². The molecular weight excluding hydrogens is 404 g/mol. The lowest BCUT2D eigenvalue weighted by molar-refractivity contribution is 0.101. The molecule has 2 N–H and O–H groups in total. The molecule has 0 fully saturated rings. The second kappa shape index (κ2) is 6.30. The Balaban J connectivity index is 1.87. The lowest BCUT2D eigenvalue weighted by atomic mass is 10.0. The molecule has 9 heteroatoms. The van der Waals surface area contributed by atoms with Gasteiger partial charge >= 0.3 is 0 Å². The summed E-state index contributed by atoms with van der Waals surface area (Å²) in [5.41, 5.74) is 2.39. The number of aromatic nitrogens is 1. The highest BCUT2D eigenvalue weighted by molar-refractivity contribution is 7.85. The van der Waals surface area contributed by atoms with E-state index in [4.69, 9.17) is 16.2 Å². The maximum atomic E-state index is 12.6. The van der Waals surface area contributed by atoms with Gasteiger partial charge in [0.05, 0.1) is 27.4 Å². The van der Waals surface area contributed by atoms with Crippen molar-refractivity contribution < 1.29 is 22.9 Å². The van der Waals surface area contributed by atoms with Crippen molar-refractivity contribution in [1.82, 2.24) is 4.57 Å². The summed E-state index contributed by atoms with van der Waals surface area (Å²) in [5.74, 6) is -0.645. The summed E-state index contributed by atoms with van der Waals surface area (Å²) in [6.45, 7) is 0. The van der Waals surface area contributed by atoms with Crippen molar-refractivity contribution in [1.29, 1.82) is 0 Å². The van der Waals surface area contributed by atoms with Gasteiger partial charge in [0.1, 0.15) is 0 Å². The predicted octanol–water partition coefficient (Wildman–Crippen LogP) is 3.29. The van der Waals surface area contributed by atoms with Crippen LogP contribution in [0.25, 0.3) is 11.3 Å². The maximum absolute atomic E-state index is 12.6. The summed E-state index contributed by atoms with van der Waals surface area (Å²) in [6, 6.07) is 12.1. The quantitative estimate of drug-likeness (QED) is 0.637. The van der Waals surface area contributed by atoms with Crippen LogP contribution in [0.1, 0.15) is 21.5 Å². The second-order valence-corrected chi connectivity index (χ2v) is 8.11. The Morgan fingerprint density at radius 2 is 1.54 bits per heavy atom. The molecule has 1 aliphatic heterocycles. The van der Waals surface area contributed by atoms with Crippen molar-refractivity contribution in [2.24, 2.45) is 12.0 Å². The fourth-order valence-electron chi connectivity index (χ4n) is 3.26. The van der Waals surface area contributed by atoms with Crippen molar-refractivity contribution in [2.75, 3.05) is 0 Å². The highest BCUT2D eigenvalue weighted by Crippen LogP contribution is 2.40. The molecule has 0 aliphatic carbocycles. The molecule has 0 spiro atoms. The lowest BCUT2D eigenvalue weighted by Crippen LogP contribution is -2.03. The largest absolute Gasteiger partial charge is 0.494 e. The lowest BCUT2D eigenvalue weighted by Gasteiger charge is -2.07. The molecule has 0 unspecified atom stereocenters. The summed E-state index contributed by atoms with van der Waals surface area (Å²) < 4.78 is 33.0. The van der Waals surface area contributed by atoms with E-state index >= 15 is 0 Å². The van der Waals surface area contributed by atoms with Crippen LogP contribution in [0.4, 0.5) is 0 Å². The Morgan fingerprint density at radius 1 is 0.964 bits per heavy atom. The van der Waals surface area contributed by atoms with Crippen molar-refractivity contribution in [3.05, 3.63) is 70.2 Å². The number of benzene rings is 2. The molecule has 1 aromatic heterocycles. The number of halogens is 1. The first-order chi connectivity index (χ1) is 13.2. The van der Waals surface area contributed by atoms with E-state index < -0.39 is 16.0 Å². The van der Waals surface area contributed by atoms with Crippen LogP contribution in [0, 0.1) is 0 Å². The van der Waals surface area contributed by atoms with Crippen LogP contribution in [-0.4, -0.2) is 34.3 Å². The topological polar surface area (TPSA) is 109 Å². The highest BCUT2D eigenvalue weighted by Gasteiger charge is 2.35. The van der Waals surface area contributed by atoms with E-state index in [1.54, 1.807) is 31.3 Å². The number of carbonyl (C=O) groups is 1. The van der Waals surface area contributed by atoms with Gasteiger partial charge < -0.3 is 9.67 Å². The van der Waals surface area contributed by atoms with Crippen molar-refractivity contribution in [2.45, 2.75) is 4.90 Å². The van der Waals surface area contributed by atoms with Crippen LogP contribution in [0.5, 0.6) is 5.88 Å². The number of aromatic hydroxyl groups is 1. The summed E-state index contributed by atoms with van der Waals surface area (Å²) in [4.78, 5) is 16.4. The fourth-order valence-corrected chi connectivity index (χ4v) is 3.86. The molecule has 0 saturated carbocycles. The second-order valence-electron chi connectivity index (χ2n) is 6.25. The Morgan fingerprint density at radius 3 is 2.11 bits per heavy atom. The van der Waals surface area contributed by atoms with E-state index in [0.717, 1.165) is 0 Å². The van der Waals surface area contributed by atoms with Gasteiger partial charge in [-0.1, -0.05) is 35.9 Å². The zero-order valence-corrected chi connectivity index (χ0v) is 16.0. The van der Waals surface area contributed by atoms with Gasteiger partial charge in [-0.05, 0) is 29.8 Å². The Hall–Kier alpha value is -2.94. The third-order valence-electron chi connectivity index (χ3n) is 4.57. The van der Waals surface area contributed by atoms with Crippen molar-refractivity contribution in [3.63, 3.8) is 0 Å². The smallest absolute Gasteiger partial charge is 0.294 e. The molecule has 142 valence electrons. The van der Waals surface area contributed by atoms with Gasteiger partial charge in [-0.15, -0.1) is 0 Å². The van der Waals surface area contributed by atoms with Gasteiger partial charge in [-0.25, -0.2) is 4.99 Å². The average molecular weight is 417 g/mol. The number of hydrogen-bond donors (Lipinski definition) is 2. The van der Waals surface area contributed by atoms with Crippen LogP contribution in [0.15, 0.2) is 58.4 Å². The molecule has 28 heavy (non-hydrogen) atoms. The minimum atomic E-state index is -4.34. The molecule has 7 nitrogen and oxygen atoms in total. The number of aliphatic imine (C=N–C) groups is 1. The number of hydrogen-bond acceptors (Lipinski definition) is 4. The summed E-state index contributed by atoms with van der Waals surface area (Å²) in [7, 11) is -2.71. The van der Waals surface area contributed by atoms with Gasteiger partial charge in [0.25, 0.3) is 16.0 Å². The Labute approximate surface area is 165 Å². The van der Waals surface area contributed by atoms with E-state index in [1.165, 1.54) is 28.8 Å². The number of nitrogens with zero attached hydrogens (tertiary/aromatic N) is 2. The minimum Gasteiger partial charge on any atom is -0.494 e. The molecule has 0 radical (unpaired) electrons. The third-order valence-corrected chi connectivity index (χ3v) is 5.69. The normalized spacial score (nSPS) is 13.5. The molecule has 2 heterocycles. The summed E-state index contributed by atoms with van der Waals surface area (Å²) >= 11 is 5.93. The Kier molecular flexibility index (Phi) is 4.15. The molecular formula is C19H13ClN2O5S. The fraction of sp³-hybridized carbons (Fsp3) is 0.0526. The summed E-state index contributed by atoms with van der Waals surface area (Å²) in [6.07, 6.45) is 0. The first kappa shape index (κ1) is 18.4. The number of rotatable bonds is 3. The SMILES string of the molecule is Cn1c(O)c2c(c1-c1ccc(Cl)cc1)C(=O)N=C2c1ccc(S(=O)(=O)O)cc1. The molecule has 0 saturated heterocycles. The van der Waals surface area contributed by atoms with E-state index in [0.29, 0.717) is 21.8 Å². The Bertz CT molecular complexity index is 1260. The zero-order valence-electron chi connectivity index (χ0n) is 14.4. The zero-order chi connectivity index (χ0) is 20.2. The standard InChI is InChI=1S/C19H13ClN2O5S/c1-22-17(11-2-6-12(20)7-3-11)15-14(19(22)24)16(21-18(15)23)10-4-8-13(9-5-10)28(25,26)27/h2-9,24H,1H3,(H,25,26,27). The summed E-state index contributed by atoms with van der Waals surface area (Å²) in [5, 5.41) is 11.2. The van der Waals surface area contributed by atoms with Crippen molar-refractivity contribution in [3.8, 4) is 17.1 Å². The van der Waals surface area contributed by atoms with Crippen LogP contribution in [0.3, 0.4) is 0 Å².